The number of methoxy groups -OCH3 is 1. The van der Waals surface area contributed by atoms with Crippen LogP contribution in [0.15, 0.2) is 18.3 Å². The molecule has 82 valence electrons. The Hall–Kier alpha value is -1.29. The lowest BCUT2D eigenvalue weighted by molar-refractivity contribution is 0.166. The summed E-state index contributed by atoms with van der Waals surface area (Å²) in [5, 5.41) is 3.31. The maximum absolute atomic E-state index is 5.82. The van der Waals surface area contributed by atoms with Gasteiger partial charge in [-0.1, -0.05) is 0 Å². The number of rotatable bonds is 3. The van der Waals surface area contributed by atoms with Crippen molar-refractivity contribution in [1.29, 1.82) is 0 Å². The van der Waals surface area contributed by atoms with Gasteiger partial charge in [0.25, 0.3) is 0 Å². The second-order valence-corrected chi connectivity index (χ2v) is 3.62. The monoisotopic (exact) mass is 208 g/mol. The summed E-state index contributed by atoms with van der Waals surface area (Å²) in [7, 11) is 1.61. The van der Waals surface area contributed by atoms with E-state index in [0.29, 0.717) is 5.88 Å². The minimum atomic E-state index is 0.269. The van der Waals surface area contributed by atoms with Gasteiger partial charge >= 0.3 is 0 Å². The van der Waals surface area contributed by atoms with E-state index in [9.17, 15) is 0 Å². The molecule has 4 heteroatoms. The fraction of sp³-hybridized carbons (Fsp3) is 0.545. The van der Waals surface area contributed by atoms with Gasteiger partial charge in [-0.3, -0.25) is 0 Å². The van der Waals surface area contributed by atoms with Crippen LogP contribution in [0.2, 0.25) is 0 Å². The van der Waals surface area contributed by atoms with E-state index in [-0.39, 0.29) is 6.10 Å². The van der Waals surface area contributed by atoms with E-state index in [1.54, 1.807) is 13.3 Å². The van der Waals surface area contributed by atoms with Gasteiger partial charge in [0.1, 0.15) is 11.9 Å². The number of piperidine rings is 1. The highest BCUT2D eigenvalue weighted by Crippen LogP contribution is 2.19. The molecule has 0 radical (unpaired) electrons. The van der Waals surface area contributed by atoms with Gasteiger partial charge in [0.2, 0.25) is 5.88 Å². The molecule has 2 heterocycles. The van der Waals surface area contributed by atoms with Crippen molar-refractivity contribution in [1.82, 2.24) is 10.3 Å². The summed E-state index contributed by atoms with van der Waals surface area (Å²) in [4.78, 5) is 4.03. The topological polar surface area (TPSA) is 43.4 Å². The Kier molecular flexibility index (Phi) is 3.40. The van der Waals surface area contributed by atoms with Crippen LogP contribution < -0.4 is 14.8 Å². The lowest BCUT2D eigenvalue weighted by Crippen LogP contribution is -2.37. The van der Waals surface area contributed by atoms with Crippen molar-refractivity contribution in [2.24, 2.45) is 0 Å². The number of hydrogen-bond donors (Lipinski definition) is 1. The Morgan fingerprint density at radius 2 is 2.47 bits per heavy atom. The lowest BCUT2D eigenvalue weighted by atomic mass is 10.1. The predicted molar refractivity (Wildman–Crippen MR) is 57.3 cm³/mol. The number of hydrogen-bond acceptors (Lipinski definition) is 4. The second kappa shape index (κ2) is 4.98. The molecule has 0 aliphatic carbocycles. The third-order valence-electron chi connectivity index (χ3n) is 2.47. The minimum Gasteiger partial charge on any atom is -0.489 e. The molecule has 0 unspecified atom stereocenters. The van der Waals surface area contributed by atoms with Crippen LogP contribution in [-0.4, -0.2) is 31.3 Å². The molecular formula is C11H16N2O2. The van der Waals surface area contributed by atoms with Gasteiger partial charge in [-0.05, 0) is 25.5 Å². The molecule has 1 N–H and O–H groups in total. The molecule has 0 amide bonds. The number of aromatic nitrogens is 1. The van der Waals surface area contributed by atoms with Crippen molar-refractivity contribution in [3.63, 3.8) is 0 Å². The minimum absolute atomic E-state index is 0.269. The fourth-order valence-corrected chi connectivity index (χ4v) is 1.69. The number of nitrogens with zero attached hydrogens (tertiary/aromatic N) is 1. The highest BCUT2D eigenvalue weighted by Gasteiger charge is 2.14. The molecule has 1 aromatic rings. The van der Waals surface area contributed by atoms with Crippen molar-refractivity contribution in [2.45, 2.75) is 18.9 Å². The Morgan fingerprint density at radius 1 is 1.53 bits per heavy atom. The van der Waals surface area contributed by atoms with Gasteiger partial charge in [-0.25, -0.2) is 4.98 Å². The normalized spacial score (nSPS) is 21.0. The average molecular weight is 208 g/mol. The predicted octanol–water partition coefficient (Wildman–Crippen LogP) is 1.22. The molecule has 1 atom stereocenters. The van der Waals surface area contributed by atoms with Gasteiger partial charge in [0.15, 0.2) is 0 Å². The van der Waals surface area contributed by atoms with E-state index in [1.807, 2.05) is 12.1 Å². The summed E-state index contributed by atoms with van der Waals surface area (Å²) < 4.78 is 10.9. The van der Waals surface area contributed by atoms with Crippen molar-refractivity contribution in [2.75, 3.05) is 20.2 Å². The van der Waals surface area contributed by atoms with Gasteiger partial charge in [-0.2, -0.15) is 0 Å². The van der Waals surface area contributed by atoms with Crippen LogP contribution in [0.25, 0.3) is 0 Å². The molecule has 15 heavy (non-hydrogen) atoms. The summed E-state index contributed by atoms with van der Waals surface area (Å²) >= 11 is 0. The van der Waals surface area contributed by atoms with Crippen LogP contribution >= 0.6 is 0 Å². The maximum atomic E-state index is 5.82. The van der Waals surface area contributed by atoms with Crippen LogP contribution in [0.4, 0.5) is 0 Å². The van der Waals surface area contributed by atoms with Crippen LogP contribution in [0.5, 0.6) is 11.6 Å². The van der Waals surface area contributed by atoms with Crippen molar-refractivity contribution >= 4 is 0 Å². The summed E-state index contributed by atoms with van der Waals surface area (Å²) in [5.74, 6) is 1.42. The first-order chi connectivity index (χ1) is 7.38. The summed E-state index contributed by atoms with van der Waals surface area (Å²) in [5.41, 5.74) is 0. The van der Waals surface area contributed by atoms with Crippen LogP contribution in [0.1, 0.15) is 12.8 Å². The summed E-state index contributed by atoms with van der Waals surface area (Å²) in [6.07, 6.45) is 4.25. The molecule has 2 rings (SSSR count). The quantitative estimate of drug-likeness (QED) is 0.811. The zero-order chi connectivity index (χ0) is 10.5. The third kappa shape index (κ3) is 2.83. The zero-order valence-electron chi connectivity index (χ0n) is 8.90. The SMILES string of the molecule is COc1cc(O[C@@H]2CCCNC2)ccn1. The molecule has 1 aliphatic heterocycles. The number of pyridine rings is 1. The van der Waals surface area contributed by atoms with Gasteiger partial charge in [-0.15, -0.1) is 0 Å². The summed E-state index contributed by atoms with van der Waals surface area (Å²) in [6.45, 7) is 2.02. The Balaban J connectivity index is 1.96. The summed E-state index contributed by atoms with van der Waals surface area (Å²) in [6, 6.07) is 3.67. The van der Waals surface area contributed by atoms with Crippen LogP contribution in [0.3, 0.4) is 0 Å². The van der Waals surface area contributed by atoms with E-state index < -0.39 is 0 Å². The molecule has 1 aromatic heterocycles. The van der Waals surface area contributed by atoms with Crippen LogP contribution in [-0.2, 0) is 0 Å². The highest BCUT2D eigenvalue weighted by atomic mass is 16.5. The lowest BCUT2D eigenvalue weighted by Gasteiger charge is -2.23. The van der Waals surface area contributed by atoms with Crippen molar-refractivity contribution in [3.8, 4) is 11.6 Å². The standard InChI is InChI=1S/C11H16N2O2/c1-14-11-7-9(4-6-13-11)15-10-3-2-5-12-8-10/h4,6-7,10,12H,2-3,5,8H2,1H3/t10-/m1/s1. The van der Waals surface area contributed by atoms with E-state index in [2.05, 4.69) is 10.3 Å². The largest absolute Gasteiger partial charge is 0.489 e. The Bertz CT molecular complexity index is 311. The average Bonchev–Trinajstić information content (AvgIpc) is 2.31. The van der Waals surface area contributed by atoms with E-state index in [1.165, 1.54) is 6.42 Å². The van der Waals surface area contributed by atoms with Gasteiger partial charge in [0, 0.05) is 18.8 Å². The molecule has 0 bridgehead atoms. The Morgan fingerprint density at radius 3 is 3.20 bits per heavy atom. The Labute approximate surface area is 89.6 Å². The second-order valence-electron chi connectivity index (χ2n) is 3.62. The third-order valence-corrected chi connectivity index (χ3v) is 2.47. The maximum Gasteiger partial charge on any atom is 0.216 e. The molecule has 0 aromatic carbocycles. The van der Waals surface area contributed by atoms with E-state index >= 15 is 0 Å². The van der Waals surface area contributed by atoms with Gasteiger partial charge < -0.3 is 14.8 Å². The molecule has 0 saturated carbocycles. The number of ether oxygens (including phenoxy) is 2. The number of nitrogens with one attached hydrogen (secondary N) is 1. The van der Waals surface area contributed by atoms with Crippen molar-refractivity contribution < 1.29 is 9.47 Å². The first kappa shape index (κ1) is 10.2. The fourth-order valence-electron chi connectivity index (χ4n) is 1.69. The zero-order valence-corrected chi connectivity index (χ0v) is 8.90. The molecular weight excluding hydrogens is 192 g/mol. The van der Waals surface area contributed by atoms with E-state index in [4.69, 9.17) is 9.47 Å². The molecule has 1 saturated heterocycles. The molecule has 0 spiro atoms. The highest BCUT2D eigenvalue weighted by molar-refractivity contribution is 5.26. The first-order valence-electron chi connectivity index (χ1n) is 5.26. The molecule has 1 fully saturated rings. The molecule has 1 aliphatic rings. The van der Waals surface area contributed by atoms with Gasteiger partial charge in [0.05, 0.1) is 7.11 Å². The van der Waals surface area contributed by atoms with E-state index in [0.717, 1.165) is 25.3 Å². The smallest absolute Gasteiger partial charge is 0.216 e. The van der Waals surface area contributed by atoms with Crippen molar-refractivity contribution in [3.05, 3.63) is 18.3 Å². The molecule has 4 nitrogen and oxygen atoms in total. The first-order valence-corrected chi connectivity index (χ1v) is 5.26. The van der Waals surface area contributed by atoms with Crippen LogP contribution in [0, 0.1) is 0 Å².